The monoisotopic (exact) mass is 266 g/mol. The third-order valence-corrected chi connectivity index (χ3v) is 2.98. The molecule has 0 fully saturated rings. The summed E-state index contributed by atoms with van der Waals surface area (Å²) >= 11 is 10.9. The lowest BCUT2D eigenvalue weighted by Gasteiger charge is -2.08. The molecule has 0 saturated heterocycles. The van der Waals surface area contributed by atoms with E-state index >= 15 is 0 Å². The number of halogens is 2. The van der Waals surface area contributed by atoms with Crippen LogP contribution in [-0.2, 0) is 0 Å². The van der Waals surface area contributed by atoms with Crippen LogP contribution in [0.5, 0.6) is 0 Å². The van der Waals surface area contributed by atoms with Crippen molar-refractivity contribution in [3.05, 3.63) is 59.2 Å². The van der Waals surface area contributed by atoms with Gasteiger partial charge in [0, 0.05) is 17.0 Å². The molecular weight excluding hydrogens is 259 g/mol. The average Bonchev–Trinajstić information content (AvgIpc) is 2.81. The fraction of sp³-hybridized carbons (Fsp3) is 0.0769. The highest BCUT2D eigenvalue weighted by Crippen LogP contribution is 2.26. The van der Waals surface area contributed by atoms with Gasteiger partial charge in [-0.1, -0.05) is 24.3 Å². The summed E-state index contributed by atoms with van der Waals surface area (Å²) in [6, 6.07) is 4.74. The minimum Gasteiger partial charge on any atom is -0.276 e. The molecule has 1 aromatic carbocycles. The van der Waals surface area contributed by atoms with Gasteiger partial charge in [0.2, 0.25) is 0 Å². The molecule has 0 amide bonds. The zero-order valence-electron chi connectivity index (χ0n) is 8.69. The van der Waals surface area contributed by atoms with E-state index in [2.05, 4.69) is 0 Å². The highest BCUT2D eigenvalue weighted by Gasteiger charge is 2.14. The molecule has 0 aromatic heterocycles. The van der Waals surface area contributed by atoms with Crippen molar-refractivity contribution in [2.75, 3.05) is 0 Å². The maximum atomic E-state index is 11.2. The Kier molecular flexibility index (Phi) is 3.46. The summed E-state index contributed by atoms with van der Waals surface area (Å²) in [6.45, 7) is 0. The first-order chi connectivity index (χ1) is 8.08. The summed E-state index contributed by atoms with van der Waals surface area (Å²) in [4.78, 5) is 22.3. The van der Waals surface area contributed by atoms with Crippen molar-refractivity contribution in [1.82, 2.24) is 0 Å². The van der Waals surface area contributed by atoms with E-state index in [1.165, 1.54) is 6.07 Å². The first kappa shape index (κ1) is 12.1. The Bertz CT molecular complexity index is 500. The van der Waals surface area contributed by atoms with Crippen LogP contribution in [0.25, 0.3) is 0 Å². The van der Waals surface area contributed by atoms with Crippen molar-refractivity contribution in [3.8, 4) is 0 Å². The maximum Gasteiger partial charge on any atom is 0.252 e. The van der Waals surface area contributed by atoms with Crippen LogP contribution < -0.4 is 0 Å². The van der Waals surface area contributed by atoms with Crippen LogP contribution >= 0.6 is 23.2 Å². The molecule has 0 N–H and O–H groups in total. The van der Waals surface area contributed by atoms with Gasteiger partial charge in [0.25, 0.3) is 10.5 Å². The van der Waals surface area contributed by atoms with Gasteiger partial charge in [0.15, 0.2) is 0 Å². The van der Waals surface area contributed by atoms with Gasteiger partial charge in [-0.05, 0) is 47.0 Å². The smallest absolute Gasteiger partial charge is 0.252 e. The second kappa shape index (κ2) is 4.86. The average molecular weight is 267 g/mol. The van der Waals surface area contributed by atoms with Crippen molar-refractivity contribution in [2.45, 2.75) is 5.92 Å². The molecule has 17 heavy (non-hydrogen) atoms. The number of hydrogen-bond donors (Lipinski definition) is 0. The zero-order valence-corrected chi connectivity index (χ0v) is 10.2. The van der Waals surface area contributed by atoms with E-state index in [1.807, 2.05) is 24.3 Å². The number of allylic oxidation sites excluding steroid dienone is 4. The molecule has 0 heterocycles. The Labute approximate surface area is 109 Å². The predicted octanol–water partition coefficient (Wildman–Crippen LogP) is 3.65. The fourth-order valence-corrected chi connectivity index (χ4v) is 1.94. The van der Waals surface area contributed by atoms with E-state index in [9.17, 15) is 9.59 Å². The summed E-state index contributed by atoms with van der Waals surface area (Å²) in [7, 11) is 0. The Morgan fingerprint density at radius 1 is 0.882 bits per heavy atom. The van der Waals surface area contributed by atoms with Gasteiger partial charge >= 0.3 is 0 Å². The second-order valence-corrected chi connectivity index (χ2v) is 4.37. The Balaban J connectivity index is 2.51. The minimum atomic E-state index is -0.600. The van der Waals surface area contributed by atoms with Crippen molar-refractivity contribution < 1.29 is 9.59 Å². The van der Waals surface area contributed by atoms with Gasteiger partial charge in [0.05, 0.1) is 0 Å². The van der Waals surface area contributed by atoms with Gasteiger partial charge in [-0.25, -0.2) is 0 Å². The van der Waals surface area contributed by atoms with Crippen molar-refractivity contribution in [1.29, 1.82) is 0 Å². The van der Waals surface area contributed by atoms with Crippen molar-refractivity contribution >= 4 is 33.7 Å². The molecule has 0 atom stereocenters. The van der Waals surface area contributed by atoms with Gasteiger partial charge in [0.1, 0.15) is 0 Å². The molecule has 1 aliphatic carbocycles. The van der Waals surface area contributed by atoms with E-state index in [4.69, 9.17) is 23.2 Å². The molecule has 4 heteroatoms. The highest BCUT2D eigenvalue weighted by molar-refractivity contribution is 6.69. The van der Waals surface area contributed by atoms with Crippen LogP contribution in [0, 0.1) is 0 Å². The largest absolute Gasteiger partial charge is 0.276 e. The van der Waals surface area contributed by atoms with Crippen LogP contribution in [0.3, 0.4) is 0 Å². The van der Waals surface area contributed by atoms with Crippen molar-refractivity contribution in [2.24, 2.45) is 0 Å². The number of hydrogen-bond acceptors (Lipinski definition) is 2. The number of carbonyl (C=O) groups excluding carboxylic acids is 2. The maximum absolute atomic E-state index is 11.2. The second-order valence-electron chi connectivity index (χ2n) is 3.69. The lowest BCUT2D eigenvalue weighted by atomic mass is 9.96. The molecule has 2 nitrogen and oxygen atoms in total. The van der Waals surface area contributed by atoms with Gasteiger partial charge in [-0.15, -0.1) is 0 Å². The zero-order chi connectivity index (χ0) is 12.4. The third-order valence-electron chi connectivity index (χ3n) is 2.54. The molecule has 0 saturated carbocycles. The van der Waals surface area contributed by atoms with Gasteiger partial charge in [-0.2, -0.15) is 0 Å². The lowest BCUT2D eigenvalue weighted by molar-refractivity contribution is 0.108. The summed E-state index contributed by atoms with van der Waals surface area (Å²) in [5.41, 5.74) is 1.38. The van der Waals surface area contributed by atoms with E-state index in [0.29, 0.717) is 0 Å². The third kappa shape index (κ3) is 2.65. The Hall–Kier alpha value is -1.38. The number of carbonyl (C=O) groups is 2. The van der Waals surface area contributed by atoms with Gasteiger partial charge in [-0.3, -0.25) is 9.59 Å². The predicted molar refractivity (Wildman–Crippen MR) is 67.8 cm³/mol. The SMILES string of the molecule is O=C(Cl)c1cc(C(=O)Cl)cc(C2C=CC=C2)c1. The summed E-state index contributed by atoms with van der Waals surface area (Å²) in [6.07, 6.45) is 7.73. The number of rotatable bonds is 3. The minimum absolute atomic E-state index is 0.0562. The van der Waals surface area contributed by atoms with Gasteiger partial charge < -0.3 is 0 Å². The molecule has 0 spiro atoms. The van der Waals surface area contributed by atoms with Crippen molar-refractivity contribution in [3.63, 3.8) is 0 Å². The molecule has 86 valence electrons. The Morgan fingerprint density at radius 2 is 1.35 bits per heavy atom. The van der Waals surface area contributed by atoms with Crippen LogP contribution in [0.4, 0.5) is 0 Å². The van der Waals surface area contributed by atoms with Crippen LogP contribution in [0.2, 0.25) is 0 Å². The molecule has 0 radical (unpaired) electrons. The highest BCUT2D eigenvalue weighted by atomic mass is 35.5. The lowest BCUT2D eigenvalue weighted by Crippen LogP contribution is -2.00. The molecule has 0 unspecified atom stereocenters. The molecule has 1 aliphatic rings. The summed E-state index contributed by atoms with van der Waals surface area (Å²) in [5.74, 6) is 0.0562. The molecule has 2 rings (SSSR count). The Morgan fingerprint density at radius 3 is 1.76 bits per heavy atom. The quantitative estimate of drug-likeness (QED) is 0.783. The normalized spacial score (nSPS) is 14.2. The number of benzene rings is 1. The van der Waals surface area contributed by atoms with E-state index in [1.54, 1.807) is 12.1 Å². The first-order valence-electron chi connectivity index (χ1n) is 4.97. The van der Waals surface area contributed by atoms with E-state index in [0.717, 1.165) is 5.56 Å². The van der Waals surface area contributed by atoms with Crippen LogP contribution in [-0.4, -0.2) is 10.5 Å². The molecular formula is C13H8Cl2O2. The van der Waals surface area contributed by atoms with Crippen LogP contribution in [0.1, 0.15) is 32.2 Å². The topological polar surface area (TPSA) is 34.1 Å². The first-order valence-corrected chi connectivity index (χ1v) is 5.73. The molecule has 0 bridgehead atoms. The molecule has 1 aromatic rings. The van der Waals surface area contributed by atoms with Crippen LogP contribution in [0.15, 0.2) is 42.5 Å². The summed E-state index contributed by atoms with van der Waals surface area (Å²) < 4.78 is 0. The van der Waals surface area contributed by atoms with E-state index in [-0.39, 0.29) is 17.0 Å². The fourth-order valence-electron chi connectivity index (χ4n) is 1.73. The standard InChI is InChI=1S/C13H8Cl2O2/c14-12(16)10-5-9(8-3-1-2-4-8)6-11(7-10)13(15)17/h1-8H. The molecule has 0 aliphatic heterocycles. The summed E-state index contributed by atoms with van der Waals surface area (Å²) in [5, 5.41) is -1.20. The van der Waals surface area contributed by atoms with E-state index < -0.39 is 10.5 Å².